The molecule has 1 N–H and O–H groups in total. The molecule has 0 atom stereocenters. The molecule has 2 rings (SSSR count). The van der Waals surface area contributed by atoms with E-state index in [1.807, 2.05) is 11.8 Å². The molecule has 0 aliphatic carbocycles. The summed E-state index contributed by atoms with van der Waals surface area (Å²) < 4.78 is 1.30. The SMILES string of the molecule is Ic1ccc2c(c1)NCCS2. The van der Waals surface area contributed by atoms with Gasteiger partial charge in [-0.3, -0.25) is 0 Å². The first-order chi connectivity index (χ1) is 5.36. The first kappa shape index (κ1) is 7.73. The van der Waals surface area contributed by atoms with Crippen LogP contribution in [0.15, 0.2) is 23.1 Å². The average Bonchev–Trinajstić information content (AvgIpc) is 2.04. The van der Waals surface area contributed by atoms with E-state index in [0.29, 0.717) is 0 Å². The summed E-state index contributed by atoms with van der Waals surface area (Å²) in [6.45, 7) is 1.10. The van der Waals surface area contributed by atoms with E-state index >= 15 is 0 Å². The number of hydrogen-bond acceptors (Lipinski definition) is 2. The minimum Gasteiger partial charge on any atom is -0.383 e. The van der Waals surface area contributed by atoms with Crippen molar-refractivity contribution in [2.75, 3.05) is 17.6 Å². The Hall–Kier alpha value is 0.1000. The van der Waals surface area contributed by atoms with Crippen LogP contribution in [0.4, 0.5) is 5.69 Å². The molecule has 58 valence electrons. The van der Waals surface area contributed by atoms with Gasteiger partial charge in [-0.1, -0.05) is 0 Å². The van der Waals surface area contributed by atoms with Crippen molar-refractivity contribution in [1.82, 2.24) is 0 Å². The zero-order chi connectivity index (χ0) is 7.68. The van der Waals surface area contributed by atoms with Crippen molar-refractivity contribution < 1.29 is 0 Å². The van der Waals surface area contributed by atoms with Crippen LogP contribution in [0.2, 0.25) is 0 Å². The lowest BCUT2D eigenvalue weighted by molar-refractivity contribution is 1.17. The topological polar surface area (TPSA) is 12.0 Å². The molecule has 0 saturated carbocycles. The number of halogens is 1. The Kier molecular flexibility index (Phi) is 2.27. The lowest BCUT2D eigenvalue weighted by atomic mass is 10.3. The predicted octanol–water partition coefficient (Wildman–Crippen LogP) is 2.81. The number of fused-ring (bicyclic) bond motifs is 1. The molecule has 1 aliphatic rings. The Bertz CT molecular complexity index is 275. The highest BCUT2D eigenvalue weighted by molar-refractivity contribution is 14.1. The summed E-state index contributed by atoms with van der Waals surface area (Å²) in [4.78, 5) is 1.39. The largest absolute Gasteiger partial charge is 0.383 e. The predicted molar refractivity (Wildman–Crippen MR) is 58.4 cm³/mol. The van der Waals surface area contributed by atoms with Gasteiger partial charge in [0.25, 0.3) is 0 Å². The fourth-order valence-electron chi connectivity index (χ4n) is 1.11. The number of hydrogen-bond donors (Lipinski definition) is 1. The van der Waals surface area contributed by atoms with Gasteiger partial charge in [0.1, 0.15) is 0 Å². The molecule has 11 heavy (non-hydrogen) atoms. The molecule has 1 aromatic carbocycles. The van der Waals surface area contributed by atoms with Crippen LogP contribution in [-0.4, -0.2) is 12.3 Å². The molecule has 0 bridgehead atoms. The molecule has 1 heterocycles. The Morgan fingerprint density at radius 1 is 1.45 bits per heavy atom. The van der Waals surface area contributed by atoms with Crippen LogP contribution in [-0.2, 0) is 0 Å². The van der Waals surface area contributed by atoms with Gasteiger partial charge in [0, 0.05) is 26.5 Å². The second kappa shape index (κ2) is 3.23. The molecule has 1 nitrogen and oxygen atoms in total. The van der Waals surface area contributed by atoms with E-state index < -0.39 is 0 Å². The number of rotatable bonds is 0. The highest BCUT2D eigenvalue weighted by atomic mass is 127. The van der Waals surface area contributed by atoms with Crippen molar-refractivity contribution >= 4 is 40.0 Å². The van der Waals surface area contributed by atoms with E-state index in [0.717, 1.165) is 6.54 Å². The first-order valence-corrected chi connectivity index (χ1v) is 5.59. The second-order valence-corrected chi connectivity index (χ2v) is 4.80. The van der Waals surface area contributed by atoms with Gasteiger partial charge in [-0.15, -0.1) is 11.8 Å². The van der Waals surface area contributed by atoms with Crippen molar-refractivity contribution in [1.29, 1.82) is 0 Å². The third kappa shape index (κ3) is 1.64. The summed E-state index contributed by atoms with van der Waals surface area (Å²) in [5, 5.41) is 3.38. The lowest BCUT2D eigenvalue weighted by Crippen LogP contribution is -2.09. The molecule has 0 unspecified atom stereocenters. The van der Waals surface area contributed by atoms with E-state index in [1.54, 1.807) is 0 Å². The fraction of sp³-hybridized carbons (Fsp3) is 0.250. The van der Waals surface area contributed by atoms with Gasteiger partial charge in [0.05, 0.1) is 0 Å². The average molecular weight is 277 g/mol. The molecule has 1 aliphatic heterocycles. The van der Waals surface area contributed by atoms with Gasteiger partial charge in [-0.2, -0.15) is 0 Å². The van der Waals surface area contributed by atoms with Crippen LogP contribution in [0.3, 0.4) is 0 Å². The standard InChI is InChI=1S/C8H8INS/c9-6-1-2-8-7(5-6)10-3-4-11-8/h1-2,5,10H,3-4H2. The van der Waals surface area contributed by atoms with Crippen molar-refractivity contribution in [2.45, 2.75) is 4.90 Å². The van der Waals surface area contributed by atoms with Crippen LogP contribution in [0.5, 0.6) is 0 Å². The van der Waals surface area contributed by atoms with Gasteiger partial charge < -0.3 is 5.32 Å². The number of thioether (sulfide) groups is 1. The minimum absolute atomic E-state index is 1.10. The summed E-state index contributed by atoms with van der Waals surface area (Å²) in [6, 6.07) is 6.54. The summed E-state index contributed by atoms with van der Waals surface area (Å²) in [5.74, 6) is 1.19. The van der Waals surface area contributed by atoms with Gasteiger partial charge in [0.2, 0.25) is 0 Å². The highest BCUT2D eigenvalue weighted by Gasteiger charge is 2.07. The molecule has 3 heteroatoms. The normalized spacial score (nSPS) is 15.4. The molecule has 0 radical (unpaired) electrons. The molecular weight excluding hydrogens is 269 g/mol. The van der Waals surface area contributed by atoms with Crippen LogP contribution in [0, 0.1) is 3.57 Å². The number of anilines is 1. The van der Waals surface area contributed by atoms with Crippen LogP contribution < -0.4 is 5.32 Å². The summed E-state index contributed by atoms with van der Waals surface area (Å²) >= 11 is 4.27. The molecule has 0 amide bonds. The maximum Gasteiger partial charge on any atom is 0.0489 e. The minimum atomic E-state index is 1.10. The van der Waals surface area contributed by atoms with Crippen molar-refractivity contribution in [3.8, 4) is 0 Å². The zero-order valence-corrected chi connectivity index (χ0v) is 8.91. The van der Waals surface area contributed by atoms with Gasteiger partial charge in [0.15, 0.2) is 0 Å². The molecule has 0 saturated heterocycles. The fourth-order valence-corrected chi connectivity index (χ4v) is 2.48. The Morgan fingerprint density at radius 2 is 2.36 bits per heavy atom. The first-order valence-electron chi connectivity index (χ1n) is 3.52. The molecular formula is C8H8INS. The summed E-state index contributed by atoms with van der Waals surface area (Å²) in [7, 11) is 0. The Balaban J connectivity index is 2.43. The third-order valence-electron chi connectivity index (χ3n) is 1.62. The summed E-state index contributed by atoms with van der Waals surface area (Å²) in [6.07, 6.45) is 0. The molecule has 1 aromatic rings. The Labute approximate surface area is 84.1 Å². The van der Waals surface area contributed by atoms with Crippen molar-refractivity contribution in [3.63, 3.8) is 0 Å². The molecule has 0 aromatic heterocycles. The van der Waals surface area contributed by atoms with Crippen molar-refractivity contribution in [2.24, 2.45) is 0 Å². The van der Waals surface area contributed by atoms with Crippen LogP contribution in [0.25, 0.3) is 0 Å². The van der Waals surface area contributed by atoms with E-state index in [4.69, 9.17) is 0 Å². The van der Waals surface area contributed by atoms with E-state index in [2.05, 4.69) is 46.1 Å². The highest BCUT2D eigenvalue weighted by Crippen LogP contribution is 2.31. The number of nitrogens with one attached hydrogen (secondary N) is 1. The third-order valence-corrected chi connectivity index (χ3v) is 3.36. The summed E-state index contributed by atoms with van der Waals surface area (Å²) in [5.41, 5.74) is 1.30. The monoisotopic (exact) mass is 277 g/mol. The van der Waals surface area contributed by atoms with Gasteiger partial charge >= 0.3 is 0 Å². The lowest BCUT2D eigenvalue weighted by Gasteiger charge is -2.16. The van der Waals surface area contributed by atoms with Crippen LogP contribution in [0.1, 0.15) is 0 Å². The van der Waals surface area contributed by atoms with Gasteiger partial charge in [-0.05, 0) is 40.8 Å². The maximum atomic E-state index is 3.38. The van der Waals surface area contributed by atoms with E-state index in [9.17, 15) is 0 Å². The molecule has 0 fully saturated rings. The second-order valence-electron chi connectivity index (χ2n) is 2.42. The van der Waals surface area contributed by atoms with Crippen LogP contribution >= 0.6 is 34.4 Å². The quantitative estimate of drug-likeness (QED) is 0.732. The van der Waals surface area contributed by atoms with Gasteiger partial charge in [-0.25, -0.2) is 0 Å². The molecule has 0 spiro atoms. The smallest absolute Gasteiger partial charge is 0.0489 e. The Morgan fingerprint density at radius 3 is 3.27 bits per heavy atom. The van der Waals surface area contributed by atoms with E-state index in [1.165, 1.54) is 19.9 Å². The zero-order valence-electron chi connectivity index (χ0n) is 5.93. The van der Waals surface area contributed by atoms with Crippen molar-refractivity contribution in [3.05, 3.63) is 21.8 Å². The number of benzene rings is 1. The maximum absolute atomic E-state index is 3.38. The van der Waals surface area contributed by atoms with E-state index in [-0.39, 0.29) is 0 Å².